The molecule has 4 heteroatoms. The molecule has 4 rings (SSSR count). The highest BCUT2D eigenvalue weighted by Gasteiger charge is 2.26. The van der Waals surface area contributed by atoms with Crippen LogP contribution in [0.1, 0.15) is 15.9 Å². The maximum atomic E-state index is 12.6. The number of carbonyl (C=O) groups is 1. The third kappa shape index (κ3) is 1.53. The van der Waals surface area contributed by atoms with Gasteiger partial charge in [-0.3, -0.25) is 14.9 Å². The summed E-state index contributed by atoms with van der Waals surface area (Å²) >= 11 is 0. The molecule has 0 fully saturated rings. The SMILES string of the molecule is O=C1c2cc([N+](=O)[O-])ccc2-c2cccc3cccc1c23. The molecular weight excluding hydrogens is 266 g/mol. The molecule has 21 heavy (non-hydrogen) atoms. The molecule has 100 valence electrons. The second kappa shape index (κ2) is 3.99. The predicted octanol–water partition coefficient (Wildman–Crippen LogP) is 3.96. The quantitative estimate of drug-likeness (QED) is 0.390. The van der Waals surface area contributed by atoms with E-state index < -0.39 is 4.92 Å². The fourth-order valence-electron chi connectivity index (χ4n) is 2.97. The molecule has 1 aliphatic carbocycles. The molecule has 0 heterocycles. The van der Waals surface area contributed by atoms with Crippen LogP contribution in [0.3, 0.4) is 0 Å². The van der Waals surface area contributed by atoms with E-state index in [-0.39, 0.29) is 11.5 Å². The van der Waals surface area contributed by atoms with Crippen LogP contribution in [0.2, 0.25) is 0 Å². The maximum absolute atomic E-state index is 12.6. The van der Waals surface area contributed by atoms with Gasteiger partial charge in [0.2, 0.25) is 0 Å². The molecule has 0 radical (unpaired) electrons. The van der Waals surface area contributed by atoms with Crippen LogP contribution in [0, 0.1) is 10.1 Å². The Hall–Kier alpha value is -3.01. The van der Waals surface area contributed by atoms with Gasteiger partial charge in [-0.05, 0) is 22.6 Å². The Kier molecular flexibility index (Phi) is 2.24. The lowest BCUT2D eigenvalue weighted by atomic mass is 9.83. The van der Waals surface area contributed by atoms with E-state index in [2.05, 4.69) is 0 Å². The lowest BCUT2D eigenvalue weighted by molar-refractivity contribution is -0.384. The summed E-state index contributed by atoms with van der Waals surface area (Å²) in [6.07, 6.45) is 0. The van der Waals surface area contributed by atoms with Gasteiger partial charge < -0.3 is 0 Å². The van der Waals surface area contributed by atoms with Crippen molar-refractivity contribution in [3.8, 4) is 11.1 Å². The molecule has 0 bridgehead atoms. The number of hydrogen-bond acceptors (Lipinski definition) is 3. The van der Waals surface area contributed by atoms with Crippen molar-refractivity contribution < 1.29 is 9.72 Å². The van der Waals surface area contributed by atoms with Crippen LogP contribution in [0.15, 0.2) is 54.6 Å². The molecule has 3 aromatic rings. The zero-order chi connectivity index (χ0) is 14.6. The van der Waals surface area contributed by atoms with Crippen molar-refractivity contribution in [2.75, 3.05) is 0 Å². The Morgan fingerprint density at radius 3 is 2.24 bits per heavy atom. The van der Waals surface area contributed by atoms with Crippen LogP contribution < -0.4 is 0 Å². The Morgan fingerprint density at radius 1 is 0.810 bits per heavy atom. The minimum Gasteiger partial charge on any atom is -0.289 e. The average Bonchev–Trinajstić information content (AvgIpc) is 2.51. The first kappa shape index (κ1) is 11.8. The smallest absolute Gasteiger partial charge is 0.270 e. The molecule has 0 saturated carbocycles. The average molecular weight is 275 g/mol. The number of nitro groups is 1. The van der Waals surface area contributed by atoms with E-state index in [9.17, 15) is 14.9 Å². The molecule has 0 aliphatic heterocycles. The normalized spacial score (nSPS) is 12.3. The van der Waals surface area contributed by atoms with Crippen LogP contribution in [0.4, 0.5) is 5.69 Å². The predicted molar refractivity (Wildman–Crippen MR) is 79.5 cm³/mol. The van der Waals surface area contributed by atoms with Crippen LogP contribution in [0.25, 0.3) is 21.9 Å². The minimum absolute atomic E-state index is 0.0614. The minimum atomic E-state index is -0.478. The third-order valence-electron chi connectivity index (χ3n) is 3.90. The molecule has 0 unspecified atom stereocenters. The highest BCUT2D eigenvalue weighted by atomic mass is 16.6. The summed E-state index contributed by atoms with van der Waals surface area (Å²) in [4.78, 5) is 23.1. The van der Waals surface area contributed by atoms with Crippen LogP contribution >= 0.6 is 0 Å². The highest BCUT2D eigenvalue weighted by molar-refractivity contribution is 6.25. The molecule has 0 atom stereocenters. The van der Waals surface area contributed by atoms with E-state index in [4.69, 9.17) is 0 Å². The highest BCUT2D eigenvalue weighted by Crippen LogP contribution is 2.40. The van der Waals surface area contributed by atoms with Crippen molar-refractivity contribution >= 4 is 22.2 Å². The second-order valence-electron chi connectivity index (χ2n) is 5.03. The van der Waals surface area contributed by atoms with Crippen molar-refractivity contribution in [2.45, 2.75) is 0 Å². The Morgan fingerprint density at radius 2 is 1.52 bits per heavy atom. The number of carbonyl (C=O) groups excluding carboxylic acids is 1. The monoisotopic (exact) mass is 275 g/mol. The largest absolute Gasteiger partial charge is 0.289 e. The standard InChI is InChI=1S/C17H9NO3/c19-17-14-6-2-4-10-3-1-5-13(16(10)14)12-8-7-11(18(20)21)9-15(12)17/h1-9H. The molecule has 4 nitrogen and oxygen atoms in total. The van der Waals surface area contributed by atoms with Crippen molar-refractivity contribution in [1.29, 1.82) is 0 Å². The first-order chi connectivity index (χ1) is 10.2. The topological polar surface area (TPSA) is 60.2 Å². The van der Waals surface area contributed by atoms with Gasteiger partial charge in [-0.25, -0.2) is 0 Å². The van der Waals surface area contributed by atoms with Crippen molar-refractivity contribution in [2.24, 2.45) is 0 Å². The number of hydrogen-bond donors (Lipinski definition) is 0. The molecule has 0 saturated heterocycles. The van der Waals surface area contributed by atoms with E-state index in [1.807, 2.05) is 30.3 Å². The molecule has 0 amide bonds. The number of rotatable bonds is 1. The van der Waals surface area contributed by atoms with Crippen LogP contribution in [0.5, 0.6) is 0 Å². The van der Waals surface area contributed by atoms with Gasteiger partial charge in [0.05, 0.1) is 4.92 Å². The second-order valence-corrected chi connectivity index (χ2v) is 5.03. The van der Waals surface area contributed by atoms with E-state index in [1.165, 1.54) is 12.1 Å². The molecule has 0 spiro atoms. The Balaban J connectivity index is 2.14. The van der Waals surface area contributed by atoms with Gasteiger partial charge in [0.1, 0.15) is 0 Å². The van der Waals surface area contributed by atoms with Gasteiger partial charge >= 0.3 is 0 Å². The first-order valence-corrected chi connectivity index (χ1v) is 6.52. The van der Waals surface area contributed by atoms with Gasteiger partial charge in [-0.15, -0.1) is 0 Å². The maximum Gasteiger partial charge on any atom is 0.270 e. The third-order valence-corrected chi connectivity index (χ3v) is 3.90. The summed E-state index contributed by atoms with van der Waals surface area (Å²) in [5.41, 5.74) is 2.66. The molecule has 0 aromatic heterocycles. The van der Waals surface area contributed by atoms with Crippen molar-refractivity contribution in [3.05, 3.63) is 75.8 Å². The lowest BCUT2D eigenvalue weighted by Gasteiger charge is -2.19. The van der Waals surface area contributed by atoms with Gasteiger partial charge in [0.15, 0.2) is 5.78 Å². The number of benzene rings is 3. The lowest BCUT2D eigenvalue weighted by Crippen LogP contribution is -2.10. The fraction of sp³-hybridized carbons (Fsp3) is 0. The van der Waals surface area contributed by atoms with Gasteiger partial charge in [-0.2, -0.15) is 0 Å². The summed E-state index contributed by atoms with van der Waals surface area (Å²) in [7, 11) is 0. The molecule has 0 N–H and O–H groups in total. The Labute approximate surface area is 119 Å². The number of fused-ring (bicyclic) bond motifs is 2. The van der Waals surface area contributed by atoms with Crippen molar-refractivity contribution in [1.82, 2.24) is 0 Å². The van der Waals surface area contributed by atoms with Crippen LogP contribution in [-0.4, -0.2) is 10.7 Å². The summed E-state index contributed by atoms with van der Waals surface area (Å²) in [5.74, 6) is -0.155. The molecule has 3 aromatic carbocycles. The summed E-state index contributed by atoms with van der Waals surface area (Å²) in [5, 5.41) is 12.8. The summed E-state index contributed by atoms with van der Waals surface area (Å²) in [6, 6.07) is 15.9. The zero-order valence-corrected chi connectivity index (χ0v) is 10.9. The number of ketones is 1. The number of non-ortho nitro benzene ring substituents is 1. The summed E-state index contributed by atoms with van der Waals surface area (Å²) < 4.78 is 0. The Bertz CT molecular complexity index is 939. The first-order valence-electron chi connectivity index (χ1n) is 6.52. The van der Waals surface area contributed by atoms with E-state index in [1.54, 1.807) is 12.1 Å². The molecular formula is C17H9NO3. The van der Waals surface area contributed by atoms with Gasteiger partial charge in [-0.1, -0.05) is 36.4 Å². The van der Waals surface area contributed by atoms with Crippen molar-refractivity contribution in [3.63, 3.8) is 0 Å². The van der Waals surface area contributed by atoms with E-state index in [0.29, 0.717) is 11.1 Å². The van der Waals surface area contributed by atoms with Gasteiger partial charge in [0, 0.05) is 28.6 Å². The van der Waals surface area contributed by atoms with Crippen LogP contribution in [-0.2, 0) is 0 Å². The molecule has 1 aliphatic rings. The zero-order valence-electron chi connectivity index (χ0n) is 10.9. The van der Waals surface area contributed by atoms with E-state index in [0.717, 1.165) is 21.9 Å². The fourth-order valence-corrected chi connectivity index (χ4v) is 2.97. The number of nitro benzene ring substituents is 1. The van der Waals surface area contributed by atoms with Gasteiger partial charge in [0.25, 0.3) is 5.69 Å². The summed E-state index contributed by atoms with van der Waals surface area (Å²) in [6.45, 7) is 0. The number of nitrogens with zero attached hydrogens (tertiary/aromatic N) is 1. The van der Waals surface area contributed by atoms with E-state index >= 15 is 0 Å².